The van der Waals surface area contributed by atoms with E-state index in [9.17, 15) is 5.11 Å². The molecule has 0 saturated carbocycles. The van der Waals surface area contributed by atoms with Crippen molar-refractivity contribution in [3.63, 3.8) is 0 Å². The van der Waals surface area contributed by atoms with E-state index in [2.05, 4.69) is 5.32 Å². The molecule has 0 aliphatic rings. The third kappa shape index (κ3) is 4.84. The Balaban J connectivity index is 1.89. The third-order valence-electron chi connectivity index (χ3n) is 3.52. The molecule has 0 heterocycles. The molecular formula is C18H23NO3. The van der Waals surface area contributed by atoms with Gasteiger partial charge in [-0.3, -0.25) is 0 Å². The summed E-state index contributed by atoms with van der Waals surface area (Å²) in [6.45, 7) is 2.94. The molecule has 0 aliphatic heterocycles. The summed E-state index contributed by atoms with van der Waals surface area (Å²) < 4.78 is 5.72. The quantitative estimate of drug-likeness (QED) is 0.700. The lowest BCUT2D eigenvalue weighted by Crippen LogP contribution is -2.34. The number of aliphatic hydroxyl groups is 2. The van der Waals surface area contributed by atoms with Crippen molar-refractivity contribution < 1.29 is 14.9 Å². The molecule has 4 nitrogen and oxygen atoms in total. The van der Waals surface area contributed by atoms with Crippen molar-refractivity contribution in [3.05, 3.63) is 65.7 Å². The third-order valence-corrected chi connectivity index (χ3v) is 3.52. The second-order valence-corrected chi connectivity index (χ2v) is 5.25. The number of nitrogens with one attached hydrogen (secondary N) is 1. The van der Waals surface area contributed by atoms with Crippen molar-refractivity contribution in [2.75, 3.05) is 13.2 Å². The number of hydrogen-bond acceptors (Lipinski definition) is 4. The van der Waals surface area contributed by atoms with Gasteiger partial charge in [0.1, 0.15) is 12.4 Å². The first-order valence-electron chi connectivity index (χ1n) is 7.49. The van der Waals surface area contributed by atoms with Crippen LogP contribution in [0, 0.1) is 0 Å². The molecule has 4 heteroatoms. The van der Waals surface area contributed by atoms with E-state index in [1.165, 1.54) is 0 Å². The molecule has 3 N–H and O–H groups in total. The lowest BCUT2D eigenvalue weighted by Gasteiger charge is -2.20. The minimum absolute atomic E-state index is 0.0589. The summed E-state index contributed by atoms with van der Waals surface area (Å²) in [6.07, 6.45) is -0.616. The van der Waals surface area contributed by atoms with Gasteiger partial charge in [-0.15, -0.1) is 0 Å². The first-order valence-corrected chi connectivity index (χ1v) is 7.49. The van der Waals surface area contributed by atoms with E-state index in [-0.39, 0.29) is 12.6 Å². The van der Waals surface area contributed by atoms with Crippen molar-refractivity contribution in [3.8, 4) is 5.75 Å². The summed E-state index contributed by atoms with van der Waals surface area (Å²) >= 11 is 0. The van der Waals surface area contributed by atoms with E-state index in [4.69, 9.17) is 9.84 Å². The average molecular weight is 301 g/mol. The van der Waals surface area contributed by atoms with Crippen LogP contribution in [0.25, 0.3) is 0 Å². The van der Waals surface area contributed by atoms with Crippen LogP contribution < -0.4 is 10.1 Å². The first kappa shape index (κ1) is 16.5. The Hall–Kier alpha value is -1.88. The van der Waals surface area contributed by atoms with E-state index in [0.29, 0.717) is 13.2 Å². The molecule has 0 spiro atoms. The lowest BCUT2D eigenvalue weighted by atomic mass is 10.0. The number of aliphatic hydroxyl groups excluding tert-OH is 2. The van der Waals surface area contributed by atoms with Crippen LogP contribution in [0.4, 0.5) is 0 Å². The average Bonchev–Trinajstić information content (AvgIpc) is 2.58. The molecule has 0 amide bonds. The highest BCUT2D eigenvalue weighted by Gasteiger charge is 2.15. The zero-order valence-corrected chi connectivity index (χ0v) is 12.8. The van der Waals surface area contributed by atoms with Gasteiger partial charge in [-0.25, -0.2) is 0 Å². The highest BCUT2D eigenvalue weighted by atomic mass is 16.5. The summed E-state index contributed by atoms with van der Waals surface area (Å²) in [4.78, 5) is 0. The van der Waals surface area contributed by atoms with Crippen LogP contribution in [0.3, 0.4) is 0 Å². The summed E-state index contributed by atoms with van der Waals surface area (Å²) in [5.41, 5.74) is 1.94. The SMILES string of the molecule is CC(NCCO)C(O)c1ccc(OCc2ccccc2)cc1. The maximum Gasteiger partial charge on any atom is 0.119 e. The normalized spacial score (nSPS) is 13.6. The van der Waals surface area contributed by atoms with Crippen LogP contribution >= 0.6 is 0 Å². The standard InChI is InChI=1S/C18H23NO3/c1-14(19-11-12-20)18(21)16-7-9-17(10-8-16)22-13-15-5-3-2-4-6-15/h2-10,14,18-21H,11-13H2,1H3. The van der Waals surface area contributed by atoms with Gasteiger partial charge in [-0.1, -0.05) is 42.5 Å². The number of hydrogen-bond donors (Lipinski definition) is 3. The smallest absolute Gasteiger partial charge is 0.119 e. The highest BCUT2D eigenvalue weighted by Crippen LogP contribution is 2.21. The molecule has 0 aliphatic carbocycles. The van der Waals surface area contributed by atoms with Crippen LogP contribution in [0.2, 0.25) is 0 Å². The molecule has 2 aromatic carbocycles. The van der Waals surface area contributed by atoms with Crippen LogP contribution in [0.5, 0.6) is 5.75 Å². The fourth-order valence-corrected chi connectivity index (χ4v) is 2.19. The van der Waals surface area contributed by atoms with Crippen molar-refractivity contribution in [2.24, 2.45) is 0 Å². The van der Waals surface area contributed by atoms with Gasteiger partial charge >= 0.3 is 0 Å². The fourth-order valence-electron chi connectivity index (χ4n) is 2.19. The van der Waals surface area contributed by atoms with Gasteiger partial charge in [0.25, 0.3) is 0 Å². The molecule has 0 saturated heterocycles. The Bertz CT molecular complexity index is 542. The predicted octanol–water partition coefficient (Wildman–Crippen LogP) is 2.27. The Morgan fingerprint density at radius 1 is 1.05 bits per heavy atom. The second kappa shape index (κ2) is 8.54. The maximum atomic E-state index is 10.2. The van der Waals surface area contributed by atoms with Gasteiger partial charge in [0, 0.05) is 12.6 Å². The zero-order chi connectivity index (χ0) is 15.8. The summed E-state index contributed by atoms with van der Waals surface area (Å²) in [7, 11) is 0. The Kier molecular flexibility index (Phi) is 6.40. The topological polar surface area (TPSA) is 61.7 Å². The van der Waals surface area contributed by atoms with E-state index in [0.717, 1.165) is 16.9 Å². The number of ether oxygens (including phenoxy) is 1. The second-order valence-electron chi connectivity index (χ2n) is 5.25. The molecule has 2 atom stereocenters. The lowest BCUT2D eigenvalue weighted by molar-refractivity contribution is 0.132. The van der Waals surface area contributed by atoms with Crippen molar-refractivity contribution in [2.45, 2.75) is 25.7 Å². The molecule has 22 heavy (non-hydrogen) atoms. The van der Waals surface area contributed by atoms with Gasteiger partial charge in [0.2, 0.25) is 0 Å². The Labute approximate surface area is 131 Å². The first-order chi connectivity index (χ1) is 10.7. The van der Waals surface area contributed by atoms with E-state index in [1.54, 1.807) is 0 Å². The highest BCUT2D eigenvalue weighted by molar-refractivity contribution is 5.29. The summed E-state index contributed by atoms with van der Waals surface area (Å²) in [6, 6.07) is 17.3. The van der Waals surface area contributed by atoms with E-state index >= 15 is 0 Å². The summed E-state index contributed by atoms with van der Waals surface area (Å²) in [5, 5.41) is 22.1. The van der Waals surface area contributed by atoms with Gasteiger partial charge in [0.05, 0.1) is 12.7 Å². The van der Waals surface area contributed by atoms with Crippen LogP contribution in [0.1, 0.15) is 24.2 Å². The molecule has 2 unspecified atom stereocenters. The molecule has 118 valence electrons. The molecular weight excluding hydrogens is 278 g/mol. The minimum Gasteiger partial charge on any atom is -0.489 e. The van der Waals surface area contributed by atoms with Crippen LogP contribution in [-0.2, 0) is 6.61 Å². The van der Waals surface area contributed by atoms with Crippen molar-refractivity contribution >= 4 is 0 Å². The van der Waals surface area contributed by atoms with Crippen LogP contribution in [-0.4, -0.2) is 29.4 Å². The van der Waals surface area contributed by atoms with Gasteiger partial charge in [0.15, 0.2) is 0 Å². The van der Waals surface area contributed by atoms with Gasteiger partial charge in [-0.05, 0) is 30.2 Å². The molecule has 0 fully saturated rings. The molecule has 0 bridgehead atoms. The fraction of sp³-hybridized carbons (Fsp3) is 0.333. The minimum atomic E-state index is -0.616. The Morgan fingerprint density at radius 3 is 2.36 bits per heavy atom. The molecule has 0 aromatic heterocycles. The Morgan fingerprint density at radius 2 is 1.73 bits per heavy atom. The van der Waals surface area contributed by atoms with E-state index < -0.39 is 6.10 Å². The predicted molar refractivity (Wildman–Crippen MR) is 86.7 cm³/mol. The van der Waals surface area contributed by atoms with Gasteiger partial charge in [-0.2, -0.15) is 0 Å². The maximum absolute atomic E-state index is 10.2. The zero-order valence-electron chi connectivity index (χ0n) is 12.8. The van der Waals surface area contributed by atoms with Crippen molar-refractivity contribution in [1.82, 2.24) is 5.32 Å². The molecule has 2 aromatic rings. The van der Waals surface area contributed by atoms with Gasteiger partial charge < -0.3 is 20.3 Å². The van der Waals surface area contributed by atoms with Crippen molar-refractivity contribution in [1.29, 1.82) is 0 Å². The largest absolute Gasteiger partial charge is 0.489 e. The summed E-state index contributed by atoms with van der Waals surface area (Å²) in [5.74, 6) is 0.774. The monoisotopic (exact) mass is 301 g/mol. The number of benzene rings is 2. The van der Waals surface area contributed by atoms with E-state index in [1.807, 2.05) is 61.5 Å². The van der Waals surface area contributed by atoms with Crippen LogP contribution in [0.15, 0.2) is 54.6 Å². The molecule has 2 rings (SSSR count). The number of rotatable bonds is 8. The molecule has 0 radical (unpaired) electrons.